The van der Waals surface area contributed by atoms with Crippen molar-refractivity contribution in [3.63, 3.8) is 0 Å². The van der Waals surface area contributed by atoms with Gasteiger partial charge in [0.15, 0.2) is 0 Å². The molecule has 2 rings (SSSR count). The molecular formula is C12H16N4S. The van der Waals surface area contributed by atoms with E-state index < -0.39 is 0 Å². The molecule has 0 aliphatic carbocycles. The quantitative estimate of drug-likeness (QED) is 0.853. The van der Waals surface area contributed by atoms with Gasteiger partial charge in [0.25, 0.3) is 0 Å². The molecule has 0 aliphatic rings. The maximum Gasteiger partial charge on any atom is 0.147 e. The van der Waals surface area contributed by atoms with E-state index in [9.17, 15) is 0 Å². The van der Waals surface area contributed by atoms with Gasteiger partial charge in [0.05, 0.1) is 18.4 Å². The first-order chi connectivity index (χ1) is 8.29. The van der Waals surface area contributed by atoms with Crippen molar-refractivity contribution in [2.45, 2.75) is 25.8 Å². The molecule has 0 fully saturated rings. The Morgan fingerprint density at radius 1 is 1.47 bits per heavy atom. The lowest BCUT2D eigenvalue weighted by Gasteiger charge is -2.17. The number of nitrogen functional groups attached to an aromatic ring is 1. The lowest BCUT2D eigenvalue weighted by atomic mass is 10.1. The molecule has 0 spiro atoms. The average molecular weight is 248 g/mol. The molecule has 17 heavy (non-hydrogen) atoms. The van der Waals surface area contributed by atoms with Gasteiger partial charge >= 0.3 is 0 Å². The lowest BCUT2D eigenvalue weighted by molar-refractivity contribution is 0.684. The zero-order valence-corrected chi connectivity index (χ0v) is 10.6. The third-order valence-electron chi connectivity index (χ3n) is 2.44. The topological polar surface area (TPSA) is 63.8 Å². The van der Waals surface area contributed by atoms with Crippen molar-refractivity contribution in [2.75, 3.05) is 11.1 Å². The summed E-state index contributed by atoms with van der Waals surface area (Å²) in [7, 11) is 0. The van der Waals surface area contributed by atoms with Crippen LogP contribution in [0.15, 0.2) is 29.9 Å². The minimum atomic E-state index is 0.288. The highest BCUT2D eigenvalue weighted by molar-refractivity contribution is 7.10. The Labute approximate surface area is 105 Å². The van der Waals surface area contributed by atoms with Crippen LogP contribution >= 0.6 is 11.3 Å². The Kier molecular flexibility index (Phi) is 3.93. The number of nitrogens with two attached hydrogens (primary N) is 1. The lowest BCUT2D eigenvalue weighted by Crippen LogP contribution is -2.11. The van der Waals surface area contributed by atoms with Gasteiger partial charge < -0.3 is 11.1 Å². The highest BCUT2D eigenvalue weighted by Gasteiger charge is 2.12. The monoisotopic (exact) mass is 248 g/mol. The number of hydrogen-bond donors (Lipinski definition) is 2. The third kappa shape index (κ3) is 3.17. The Bertz CT molecular complexity index is 455. The second-order valence-electron chi connectivity index (χ2n) is 3.83. The number of nitrogens with one attached hydrogen (secondary N) is 1. The Morgan fingerprint density at radius 2 is 2.35 bits per heavy atom. The Hall–Kier alpha value is -1.62. The molecule has 90 valence electrons. The van der Waals surface area contributed by atoms with Crippen LogP contribution in [-0.4, -0.2) is 9.97 Å². The fourth-order valence-corrected chi connectivity index (χ4v) is 2.51. The van der Waals surface area contributed by atoms with Crippen molar-refractivity contribution < 1.29 is 0 Å². The second kappa shape index (κ2) is 5.63. The number of anilines is 2. The molecule has 0 saturated heterocycles. The van der Waals surface area contributed by atoms with E-state index in [1.165, 1.54) is 4.88 Å². The van der Waals surface area contributed by atoms with Crippen LogP contribution in [-0.2, 0) is 0 Å². The fourth-order valence-electron chi connectivity index (χ4n) is 1.69. The summed E-state index contributed by atoms with van der Waals surface area (Å²) in [6, 6.07) is 4.49. The first kappa shape index (κ1) is 11.9. The van der Waals surface area contributed by atoms with E-state index in [0.29, 0.717) is 5.82 Å². The first-order valence-electron chi connectivity index (χ1n) is 5.67. The largest absolute Gasteiger partial charge is 0.382 e. The number of thiophene rings is 1. The van der Waals surface area contributed by atoms with Crippen LogP contribution in [0, 0.1) is 0 Å². The van der Waals surface area contributed by atoms with E-state index in [0.717, 1.165) is 18.7 Å². The van der Waals surface area contributed by atoms with Crippen molar-refractivity contribution in [3.05, 3.63) is 34.8 Å². The Morgan fingerprint density at radius 3 is 3.00 bits per heavy atom. The standard InChI is InChI=1S/C12H16N4S/c1-2-4-9(10-5-3-6-17-10)15-12-8-14-7-11(13)16-12/h3,5-9H,2,4H2,1H3,(H3,13,15,16). The molecule has 0 amide bonds. The third-order valence-corrected chi connectivity index (χ3v) is 3.43. The predicted molar refractivity (Wildman–Crippen MR) is 72.0 cm³/mol. The highest BCUT2D eigenvalue weighted by atomic mass is 32.1. The zero-order valence-electron chi connectivity index (χ0n) is 9.76. The SMILES string of the molecule is CCCC(Nc1cncc(N)n1)c1cccs1. The summed E-state index contributed by atoms with van der Waals surface area (Å²) >= 11 is 1.75. The summed E-state index contributed by atoms with van der Waals surface area (Å²) in [5, 5.41) is 5.47. The van der Waals surface area contributed by atoms with E-state index in [-0.39, 0.29) is 6.04 Å². The zero-order chi connectivity index (χ0) is 12.1. The number of nitrogens with zero attached hydrogens (tertiary/aromatic N) is 2. The summed E-state index contributed by atoms with van der Waals surface area (Å²) in [5.74, 6) is 1.17. The number of hydrogen-bond acceptors (Lipinski definition) is 5. The number of aromatic nitrogens is 2. The van der Waals surface area contributed by atoms with E-state index >= 15 is 0 Å². The van der Waals surface area contributed by atoms with Crippen molar-refractivity contribution in [2.24, 2.45) is 0 Å². The van der Waals surface area contributed by atoms with Gasteiger partial charge in [-0.05, 0) is 17.9 Å². The van der Waals surface area contributed by atoms with Crippen LogP contribution in [0.3, 0.4) is 0 Å². The summed E-state index contributed by atoms with van der Waals surface area (Å²) in [6.07, 6.45) is 5.43. The van der Waals surface area contributed by atoms with Crippen molar-refractivity contribution in [1.29, 1.82) is 0 Å². The molecular weight excluding hydrogens is 232 g/mol. The molecule has 0 saturated carbocycles. The van der Waals surface area contributed by atoms with Gasteiger partial charge in [-0.2, -0.15) is 0 Å². The maximum atomic E-state index is 5.62. The second-order valence-corrected chi connectivity index (χ2v) is 4.81. The van der Waals surface area contributed by atoms with E-state index in [1.807, 2.05) is 0 Å². The van der Waals surface area contributed by atoms with Gasteiger partial charge in [-0.15, -0.1) is 11.3 Å². The normalized spacial score (nSPS) is 12.3. The van der Waals surface area contributed by atoms with Crippen LogP contribution in [0.25, 0.3) is 0 Å². The smallest absolute Gasteiger partial charge is 0.147 e. The van der Waals surface area contributed by atoms with Crippen molar-refractivity contribution in [1.82, 2.24) is 9.97 Å². The van der Waals surface area contributed by atoms with Crippen LogP contribution in [0.2, 0.25) is 0 Å². The van der Waals surface area contributed by atoms with E-state index in [1.54, 1.807) is 23.7 Å². The molecule has 0 aliphatic heterocycles. The van der Waals surface area contributed by atoms with Gasteiger partial charge in [0.2, 0.25) is 0 Å². The molecule has 1 unspecified atom stereocenters. The molecule has 2 aromatic rings. The van der Waals surface area contributed by atoms with Gasteiger partial charge in [-0.1, -0.05) is 19.4 Å². The molecule has 0 bridgehead atoms. The van der Waals surface area contributed by atoms with E-state index in [2.05, 4.69) is 39.7 Å². The maximum absolute atomic E-state index is 5.62. The molecule has 1 atom stereocenters. The molecule has 0 radical (unpaired) electrons. The molecule has 4 nitrogen and oxygen atoms in total. The molecule has 5 heteroatoms. The van der Waals surface area contributed by atoms with Crippen LogP contribution in [0.5, 0.6) is 0 Å². The fraction of sp³-hybridized carbons (Fsp3) is 0.333. The molecule has 2 aromatic heterocycles. The Balaban J connectivity index is 2.13. The summed E-state index contributed by atoms with van der Waals surface area (Å²) in [5.41, 5.74) is 5.62. The van der Waals surface area contributed by atoms with Crippen molar-refractivity contribution in [3.8, 4) is 0 Å². The summed E-state index contributed by atoms with van der Waals surface area (Å²) < 4.78 is 0. The molecule has 2 heterocycles. The van der Waals surface area contributed by atoms with Crippen molar-refractivity contribution >= 4 is 23.0 Å². The van der Waals surface area contributed by atoms with E-state index in [4.69, 9.17) is 5.73 Å². The van der Waals surface area contributed by atoms with Crippen LogP contribution in [0.4, 0.5) is 11.6 Å². The van der Waals surface area contributed by atoms with Gasteiger partial charge in [0, 0.05) is 4.88 Å². The minimum absolute atomic E-state index is 0.288. The van der Waals surface area contributed by atoms with Crippen LogP contribution < -0.4 is 11.1 Å². The number of rotatable bonds is 5. The first-order valence-corrected chi connectivity index (χ1v) is 6.55. The van der Waals surface area contributed by atoms with Gasteiger partial charge in [-0.3, -0.25) is 4.98 Å². The molecule has 0 aromatic carbocycles. The summed E-state index contributed by atoms with van der Waals surface area (Å²) in [4.78, 5) is 9.56. The minimum Gasteiger partial charge on any atom is -0.382 e. The summed E-state index contributed by atoms with van der Waals surface area (Å²) in [6.45, 7) is 2.17. The highest BCUT2D eigenvalue weighted by Crippen LogP contribution is 2.26. The van der Waals surface area contributed by atoms with Gasteiger partial charge in [0.1, 0.15) is 11.6 Å². The average Bonchev–Trinajstić information content (AvgIpc) is 2.82. The predicted octanol–water partition coefficient (Wildman–Crippen LogP) is 3.07. The van der Waals surface area contributed by atoms with Crippen LogP contribution in [0.1, 0.15) is 30.7 Å². The van der Waals surface area contributed by atoms with Gasteiger partial charge in [-0.25, -0.2) is 4.98 Å². The molecule has 3 N–H and O–H groups in total.